The second kappa shape index (κ2) is 10.8. The number of benzene rings is 2. The van der Waals surface area contributed by atoms with Crippen LogP contribution in [0.1, 0.15) is 36.1 Å². The summed E-state index contributed by atoms with van der Waals surface area (Å²) in [5.41, 5.74) is 2.42. The zero-order chi connectivity index (χ0) is 24.1. The molecule has 7 nitrogen and oxygen atoms in total. The summed E-state index contributed by atoms with van der Waals surface area (Å²) in [6, 6.07) is 14.0. The van der Waals surface area contributed by atoms with Gasteiger partial charge in [0, 0.05) is 31.7 Å². The van der Waals surface area contributed by atoms with Crippen molar-refractivity contribution in [2.45, 2.75) is 26.3 Å². The molecule has 4 rings (SSSR count). The number of carbonyl (C=O) groups excluding carboxylic acids is 2. The van der Waals surface area contributed by atoms with Gasteiger partial charge in [-0.3, -0.25) is 14.5 Å². The van der Waals surface area contributed by atoms with Crippen LogP contribution in [0.25, 0.3) is 5.76 Å². The molecule has 1 unspecified atom stereocenters. The number of aliphatic hydroxyl groups excluding tert-OH is 1. The monoisotopic (exact) mass is 464 g/mol. The summed E-state index contributed by atoms with van der Waals surface area (Å²) < 4.78 is 11.1. The predicted molar refractivity (Wildman–Crippen MR) is 130 cm³/mol. The Bertz CT molecular complexity index is 1060. The SMILES string of the molecule is CCOc1cccc(C2C(=C(O)c3ccc(C)cc3)C(=O)C(=O)N2CCCN2CCOCC2)c1. The van der Waals surface area contributed by atoms with E-state index in [2.05, 4.69) is 4.90 Å². The number of nitrogens with zero attached hydrogens (tertiary/aromatic N) is 2. The fraction of sp³-hybridized carbons (Fsp3) is 0.407. The molecule has 2 aromatic rings. The van der Waals surface area contributed by atoms with Crippen LogP contribution < -0.4 is 4.74 Å². The Kier molecular flexibility index (Phi) is 7.65. The van der Waals surface area contributed by atoms with E-state index in [0.717, 1.165) is 37.2 Å². The Hall–Kier alpha value is -3.16. The Balaban J connectivity index is 1.68. The van der Waals surface area contributed by atoms with Gasteiger partial charge in [0.2, 0.25) is 0 Å². The highest BCUT2D eigenvalue weighted by molar-refractivity contribution is 6.46. The molecular weight excluding hydrogens is 432 g/mol. The van der Waals surface area contributed by atoms with Crippen molar-refractivity contribution in [2.75, 3.05) is 46.0 Å². The molecule has 0 aliphatic carbocycles. The highest BCUT2D eigenvalue weighted by Gasteiger charge is 2.45. The average Bonchev–Trinajstić information content (AvgIpc) is 3.10. The number of rotatable bonds is 8. The maximum absolute atomic E-state index is 13.2. The van der Waals surface area contributed by atoms with Crippen LogP contribution in [0.5, 0.6) is 5.75 Å². The van der Waals surface area contributed by atoms with Gasteiger partial charge in [-0.15, -0.1) is 0 Å². The van der Waals surface area contributed by atoms with E-state index in [-0.39, 0.29) is 11.3 Å². The molecular formula is C27H32N2O5. The van der Waals surface area contributed by atoms with Crippen molar-refractivity contribution in [3.8, 4) is 5.75 Å². The number of ketones is 1. The van der Waals surface area contributed by atoms with Gasteiger partial charge >= 0.3 is 0 Å². The number of aliphatic hydroxyl groups is 1. The molecule has 0 bridgehead atoms. The van der Waals surface area contributed by atoms with E-state index < -0.39 is 17.7 Å². The number of amides is 1. The smallest absolute Gasteiger partial charge is 0.295 e. The van der Waals surface area contributed by atoms with Crippen LogP contribution in [0.3, 0.4) is 0 Å². The summed E-state index contributed by atoms with van der Waals surface area (Å²) in [5.74, 6) is -0.728. The number of ether oxygens (including phenoxy) is 2. The van der Waals surface area contributed by atoms with Crippen LogP contribution >= 0.6 is 0 Å². The summed E-state index contributed by atoms with van der Waals surface area (Å²) >= 11 is 0. The minimum Gasteiger partial charge on any atom is -0.507 e. The molecule has 180 valence electrons. The lowest BCUT2D eigenvalue weighted by Crippen LogP contribution is -2.38. The third-order valence-electron chi connectivity index (χ3n) is 6.33. The first kappa shape index (κ1) is 24.0. The van der Waals surface area contributed by atoms with E-state index in [1.54, 1.807) is 17.0 Å². The number of carbonyl (C=O) groups is 2. The molecule has 1 atom stereocenters. The molecule has 2 aliphatic rings. The number of likely N-dealkylation sites (tertiary alicyclic amines) is 1. The summed E-state index contributed by atoms with van der Waals surface area (Å²) in [6.07, 6.45) is 0.721. The highest BCUT2D eigenvalue weighted by Crippen LogP contribution is 2.40. The largest absolute Gasteiger partial charge is 0.507 e. The van der Waals surface area contributed by atoms with Gasteiger partial charge in [0.05, 0.1) is 31.4 Å². The molecule has 0 saturated carbocycles. The van der Waals surface area contributed by atoms with Gasteiger partial charge in [0.1, 0.15) is 11.5 Å². The number of hydrogen-bond acceptors (Lipinski definition) is 6. The average molecular weight is 465 g/mol. The molecule has 2 heterocycles. The topological polar surface area (TPSA) is 79.3 Å². The van der Waals surface area contributed by atoms with Crippen molar-refractivity contribution < 1.29 is 24.2 Å². The molecule has 2 saturated heterocycles. The molecule has 2 fully saturated rings. The number of Topliss-reactive ketones (excluding diaryl/α,β-unsaturated/α-hetero) is 1. The zero-order valence-electron chi connectivity index (χ0n) is 19.8. The second-order valence-electron chi connectivity index (χ2n) is 8.67. The highest BCUT2D eigenvalue weighted by atomic mass is 16.5. The Labute approximate surface area is 200 Å². The molecule has 0 radical (unpaired) electrons. The van der Waals surface area contributed by atoms with Crippen molar-refractivity contribution in [3.05, 3.63) is 70.8 Å². The summed E-state index contributed by atoms with van der Waals surface area (Å²) in [4.78, 5) is 30.2. The van der Waals surface area contributed by atoms with Crippen molar-refractivity contribution in [2.24, 2.45) is 0 Å². The molecule has 2 aliphatic heterocycles. The fourth-order valence-electron chi connectivity index (χ4n) is 4.55. The summed E-state index contributed by atoms with van der Waals surface area (Å²) in [5, 5.41) is 11.2. The lowest BCUT2D eigenvalue weighted by Gasteiger charge is -2.29. The second-order valence-corrected chi connectivity index (χ2v) is 8.67. The molecule has 2 aromatic carbocycles. The first-order chi connectivity index (χ1) is 16.5. The quantitative estimate of drug-likeness (QED) is 0.366. The third-order valence-corrected chi connectivity index (χ3v) is 6.33. The lowest BCUT2D eigenvalue weighted by atomic mass is 9.95. The first-order valence-corrected chi connectivity index (χ1v) is 11.9. The van der Waals surface area contributed by atoms with Crippen LogP contribution in [0.2, 0.25) is 0 Å². The van der Waals surface area contributed by atoms with Gasteiger partial charge in [-0.2, -0.15) is 0 Å². The number of morpholine rings is 1. The van der Waals surface area contributed by atoms with Crippen LogP contribution in [-0.4, -0.2) is 72.6 Å². The summed E-state index contributed by atoms with van der Waals surface area (Å²) in [6.45, 7) is 8.76. The normalized spacial score (nSPS) is 20.6. The number of hydrogen-bond donors (Lipinski definition) is 1. The minimum atomic E-state index is -0.675. The number of aryl methyl sites for hydroxylation is 1. The Morgan fingerprint density at radius 1 is 1.09 bits per heavy atom. The summed E-state index contributed by atoms with van der Waals surface area (Å²) in [7, 11) is 0. The van der Waals surface area contributed by atoms with E-state index in [1.165, 1.54) is 0 Å². The van der Waals surface area contributed by atoms with Crippen molar-refractivity contribution in [3.63, 3.8) is 0 Å². The van der Waals surface area contributed by atoms with Gasteiger partial charge in [-0.1, -0.05) is 42.0 Å². The van der Waals surface area contributed by atoms with Gasteiger partial charge in [-0.25, -0.2) is 0 Å². The van der Waals surface area contributed by atoms with Gasteiger partial charge in [0.25, 0.3) is 11.7 Å². The van der Waals surface area contributed by atoms with Crippen LogP contribution in [0, 0.1) is 6.92 Å². The van der Waals surface area contributed by atoms with Crippen LogP contribution in [-0.2, 0) is 14.3 Å². The Morgan fingerprint density at radius 2 is 1.82 bits per heavy atom. The first-order valence-electron chi connectivity index (χ1n) is 11.9. The van der Waals surface area contributed by atoms with E-state index in [9.17, 15) is 14.7 Å². The van der Waals surface area contributed by atoms with Crippen LogP contribution in [0.4, 0.5) is 0 Å². The van der Waals surface area contributed by atoms with E-state index in [0.29, 0.717) is 37.7 Å². The molecule has 0 aromatic heterocycles. The third kappa shape index (κ3) is 5.16. The standard InChI is InChI=1S/C27H32N2O5/c1-3-34-22-7-4-6-21(18-22)24-23(25(30)20-10-8-19(2)9-11-20)26(31)27(32)29(24)13-5-12-28-14-16-33-17-15-28/h4,6-11,18,24,30H,3,5,12-17H2,1-2H3. The van der Waals surface area contributed by atoms with E-state index in [4.69, 9.17) is 9.47 Å². The maximum atomic E-state index is 13.2. The lowest BCUT2D eigenvalue weighted by molar-refractivity contribution is -0.140. The minimum absolute atomic E-state index is 0.119. The van der Waals surface area contributed by atoms with Gasteiger partial charge in [-0.05, 0) is 38.0 Å². The van der Waals surface area contributed by atoms with Crippen molar-refractivity contribution in [1.29, 1.82) is 0 Å². The Morgan fingerprint density at radius 3 is 2.53 bits per heavy atom. The molecule has 1 amide bonds. The molecule has 1 N–H and O–H groups in total. The zero-order valence-corrected chi connectivity index (χ0v) is 19.8. The van der Waals surface area contributed by atoms with E-state index >= 15 is 0 Å². The fourth-order valence-corrected chi connectivity index (χ4v) is 4.55. The molecule has 0 spiro atoms. The van der Waals surface area contributed by atoms with Crippen LogP contribution in [0.15, 0.2) is 54.1 Å². The van der Waals surface area contributed by atoms with Gasteiger partial charge in [0.15, 0.2) is 0 Å². The van der Waals surface area contributed by atoms with Crippen molar-refractivity contribution in [1.82, 2.24) is 9.80 Å². The predicted octanol–water partition coefficient (Wildman–Crippen LogP) is 3.54. The maximum Gasteiger partial charge on any atom is 0.295 e. The molecule has 7 heteroatoms. The molecule has 34 heavy (non-hydrogen) atoms. The van der Waals surface area contributed by atoms with E-state index in [1.807, 2.05) is 50.2 Å². The van der Waals surface area contributed by atoms with Crippen molar-refractivity contribution >= 4 is 17.4 Å². The van der Waals surface area contributed by atoms with Gasteiger partial charge < -0.3 is 19.5 Å².